The monoisotopic (exact) mass is 149 g/mol. The first-order valence-corrected chi connectivity index (χ1v) is 2.35. The first-order valence-electron chi connectivity index (χ1n) is 0.783. The molecule has 0 rings (SSSR count). The minimum atomic E-state index is -4.64. The summed E-state index contributed by atoms with van der Waals surface area (Å²) in [7, 11) is -4.64. The Morgan fingerprint density at radius 1 is 1.29 bits per heavy atom. The fourth-order valence-electron chi connectivity index (χ4n) is 0. The quantitative estimate of drug-likeness (QED) is 0.241. The molecule has 37 valence electrons. The molecular weight excluding hydrogens is 145 g/mol. The average molecular weight is 149 g/mol. The molecule has 3 N–H and O–H groups in total. The van der Waals surface area contributed by atoms with Crippen molar-refractivity contribution in [3.63, 3.8) is 0 Å². The van der Waals surface area contributed by atoms with Gasteiger partial charge in [0.2, 0.25) is 0 Å². The van der Waals surface area contributed by atoms with Crippen LogP contribution in [0.15, 0.2) is 0 Å². The fraction of sp³-hybridized carbons (Fsp3) is 0. The van der Waals surface area contributed by atoms with E-state index in [1.807, 2.05) is 0 Å². The molecule has 0 aliphatic carbocycles. The van der Waals surface area contributed by atoms with Gasteiger partial charge in [-0.2, -0.15) is 0 Å². The molecule has 4 nitrogen and oxygen atoms in total. The third-order valence-corrected chi connectivity index (χ3v) is 0. The third kappa shape index (κ3) is 80.4. The van der Waals surface area contributed by atoms with Crippen LogP contribution in [0.5, 0.6) is 0 Å². The summed E-state index contributed by atoms with van der Waals surface area (Å²) in [4.78, 5) is 21.6. The summed E-state index contributed by atoms with van der Waals surface area (Å²) in [5.41, 5.74) is 0. The zero-order chi connectivity index (χ0) is 4.50. The van der Waals surface area contributed by atoms with Crippen molar-refractivity contribution in [3.8, 4) is 0 Å². The molecule has 0 aromatic heterocycles. The summed E-state index contributed by atoms with van der Waals surface area (Å²) >= 11 is 0. The number of hydrogen-bond acceptors (Lipinski definition) is 1. The van der Waals surface area contributed by atoms with Crippen LogP contribution in [0.1, 0.15) is 1.43 Å². The van der Waals surface area contributed by atoms with E-state index in [9.17, 15) is 0 Å². The zero-order valence-electron chi connectivity index (χ0n) is 4.77. The van der Waals surface area contributed by atoms with Gasteiger partial charge < -0.3 is 16.1 Å². The van der Waals surface area contributed by atoms with Crippen LogP contribution in [-0.4, -0.2) is 23.1 Å². The van der Waals surface area contributed by atoms with Gasteiger partial charge in [-0.05, 0) is 0 Å². The van der Waals surface area contributed by atoms with Crippen molar-refractivity contribution in [2.45, 2.75) is 0 Å². The van der Waals surface area contributed by atoms with Gasteiger partial charge in [0.15, 0.2) is 0 Å². The maximum absolute atomic E-state index is 8.88. The van der Waals surface area contributed by atoms with Crippen molar-refractivity contribution in [2.24, 2.45) is 0 Å². The Morgan fingerprint density at radius 3 is 1.29 bits per heavy atom. The third-order valence-electron chi connectivity index (χ3n) is 0. The van der Waals surface area contributed by atoms with Crippen molar-refractivity contribution in [1.29, 1.82) is 0 Å². The predicted octanol–water partition coefficient (Wildman–Crippen LogP) is -4.19. The fourth-order valence-corrected chi connectivity index (χ4v) is 0. The van der Waals surface area contributed by atoms with Gasteiger partial charge >= 0.3 is 59.2 Å². The second-order valence-electron chi connectivity index (χ2n) is 0.513. The first-order chi connectivity index (χ1) is 2.00. The van der Waals surface area contributed by atoms with Gasteiger partial charge in [-0.3, -0.25) is 0 Å². The summed E-state index contributed by atoms with van der Waals surface area (Å²) in [6.07, 6.45) is 0. The molecule has 0 heterocycles. The second kappa shape index (κ2) is 5.94. The molecule has 0 atom stereocenters. The standard InChI is InChI=1S/B.K.H3O4P.H/c;;1-5(2,3)4;/h;;(H3,1,2,3,4);/q;+1;;-1. The Bertz CT molecular complexity index is 62.2. The molecule has 0 amide bonds. The number of phosphoric acid groups is 1. The Kier molecular flexibility index (Phi) is 13.5. The van der Waals surface area contributed by atoms with Crippen LogP contribution in [0.25, 0.3) is 0 Å². The number of hydrogen-bond donors (Lipinski definition) is 3. The van der Waals surface area contributed by atoms with E-state index in [4.69, 9.17) is 19.2 Å². The van der Waals surface area contributed by atoms with Crippen molar-refractivity contribution in [1.82, 2.24) is 0 Å². The van der Waals surface area contributed by atoms with E-state index < -0.39 is 7.82 Å². The van der Waals surface area contributed by atoms with Gasteiger partial charge in [-0.1, -0.05) is 0 Å². The van der Waals surface area contributed by atoms with Gasteiger partial charge in [0.25, 0.3) is 0 Å². The summed E-state index contributed by atoms with van der Waals surface area (Å²) in [5, 5.41) is 0. The second-order valence-corrected chi connectivity index (χ2v) is 1.54. The van der Waals surface area contributed by atoms with Gasteiger partial charge in [0.05, 0.1) is 0 Å². The molecule has 3 radical (unpaired) electrons. The van der Waals surface area contributed by atoms with E-state index in [0.717, 1.165) is 0 Å². The minimum absolute atomic E-state index is 0. The van der Waals surface area contributed by atoms with E-state index >= 15 is 0 Å². The minimum Gasteiger partial charge on any atom is -1.00 e. The van der Waals surface area contributed by atoms with Crippen LogP contribution in [-0.2, 0) is 4.57 Å². The smallest absolute Gasteiger partial charge is 1.00 e. The molecule has 7 heavy (non-hydrogen) atoms. The van der Waals surface area contributed by atoms with E-state index in [-0.39, 0.29) is 61.2 Å². The summed E-state index contributed by atoms with van der Waals surface area (Å²) in [6.45, 7) is 0. The molecule has 0 fully saturated rings. The number of rotatable bonds is 0. The molecule has 0 aliphatic heterocycles. The van der Waals surface area contributed by atoms with Gasteiger partial charge in [-0.25, -0.2) is 4.57 Å². The molecule has 7 heteroatoms. The summed E-state index contributed by atoms with van der Waals surface area (Å²) < 4.78 is 8.88. The maximum Gasteiger partial charge on any atom is 1.00 e. The topological polar surface area (TPSA) is 77.8 Å². The Hall–Kier alpha value is 1.81. The zero-order valence-corrected chi connectivity index (χ0v) is 7.79. The van der Waals surface area contributed by atoms with Crippen LogP contribution >= 0.6 is 7.82 Å². The molecule has 0 aliphatic rings. The van der Waals surface area contributed by atoms with Crippen molar-refractivity contribution in [3.05, 3.63) is 0 Å². The molecule has 0 bridgehead atoms. The van der Waals surface area contributed by atoms with Crippen LogP contribution in [0.4, 0.5) is 0 Å². The van der Waals surface area contributed by atoms with Crippen LogP contribution in [0.2, 0.25) is 0 Å². The summed E-state index contributed by atoms with van der Waals surface area (Å²) in [5.74, 6) is 0. The molecule has 0 aromatic rings. The van der Waals surface area contributed by atoms with Crippen molar-refractivity contribution >= 4 is 16.2 Å². The van der Waals surface area contributed by atoms with Crippen LogP contribution in [0.3, 0.4) is 0 Å². The van der Waals surface area contributed by atoms with Gasteiger partial charge in [-0.15, -0.1) is 0 Å². The Balaban J connectivity index is -0.0000000267. The Morgan fingerprint density at radius 2 is 1.29 bits per heavy atom. The maximum atomic E-state index is 8.88. The molecule has 0 saturated heterocycles. The SMILES string of the molecule is O=P(O)(O)O.[B].[H-].[K+]. The van der Waals surface area contributed by atoms with E-state index in [1.165, 1.54) is 0 Å². The van der Waals surface area contributed by atoms with Gasteiger partial charge in [0.1, 0.15) is 0 Å². The molecule has 0 spiro atoms. The molecular formula is H4BKO4P. The van der Waals surface area contributed by atoms with Crippen LogP contribution in [0, 0.1) is 0 Å². The average Bonchev–Trinajstić information content (AvgIpc) is 0.722. The largest absolute Gasteiger partial charge is 1.00 e. The normalized spacial score (nSPS) is 8.43. The first kappa shape index (κ1) is 15.9. The van der Waals surface area contributed by atoms with Crippen molar-refractivity contribution in [2.75, 3.05) is 0 Å². The Labute approximate surface area is 87.0 Å². The van der Waals surface area contributed by atoms with Crippen LogP contribution < -0.4 is 51.4 Å². The molecule has 0 unspecified atom stereocenters. The van der Waals surface area contributed by atoms with E-state index in [2.05, 4.69) is 0 Å². The molecule has 0 saturated carbocycles. The van der Waals surface area contributed by atoms with E-state index in [1.54, 1.807) is 0 Å². The predicted molar refractivity (Wildman–Crippen MR) is 21.1 cm³/mol. The van der Waals surface area contributed by atoms with E-state index in [0.29, 0.717) is 0 Å². The van der Waals surface area contributed by atoms with Gasteiger partial charge in [0, 0.05) is 8.41 Å². The molecule has 0 aromatic carbocycles. The summed E-state index contributed by atoms with van der Waals surface area (Å²) in [6, 6.07) is 0. The van der Waals surface area contributed by atoms with Crippen molar-refractivity contribution < 1.29 is 72.1 Å².